The van der Waals surface area contributed by atoms with Crippen LogP contribution in [0.25, 0.3) is 0 Å². The zero-order valence-electron chi connectivity index (χ0n) is 15.8. The third kappa shape index (κ3) is 7.58. The molecule has 0 aliphatic rings. The number of nitrogens with zero attached hydrogens (tertiary/aromatic N) is 3. The Hall–Kier alpha value is -2.10. The number of hydrogen-bond acceptors (Lipinski definition) is 4. The lowest BCUT2D eigenvalue weighted by Crippen LogP contribution is -2.38. The van der Waals surface area contributed by atoms with E-state index in [0.29, 0.717) is 19.7 Å². The lowest BCUT2D eigenvalue weighted by atomic mass is 10.2. The van der Waals surface area contributed by atoms with Crippen molar-refractivity contribution in [2.45, 2.75) is 13.5 Å². The Labute approximate surface area is 176 Å². The van der Waals surface area contributed by atoms with Crippen molar-refractivity contribution in [1.29, 1.82) is 0 Å². The van der Waals surface area contributed by atoms with Gasteiger partial charge in [0.1, 0.15) is 12.4 Å². The monoisotopic (exact) mass is 488 g/mol. The number of methoxy groups -OCH3 is 1. The van der Waals surface area contributed by atoms with E-state index in [4.69, 9.17) is 9.47 Å². The molecule has 0 fully saturated rings. The molecule has 0 aliphatic heterocycles. The molecule has 0 saturated heterocycles. The number of rotatable bonds is 8. The second kappa shape index (κ2) is 12.3. The van der Waals surface area contributed by atoms with Gasteiger partial charge in [-0.3, -0.25) is 4.98 Å². The first-order valence-corrected chi connectivity index (χ1v) is 8.48. The number of benzene rings is 1. The second-order valence-electron chi connectivity index (χ2n) is 5.60. The highest BCUT2D eigenvalue weighted by Gasteiger charge is 2.09. The first-order valence-electron chi connectivity index (χ1n) is 8.48. The van der Waals surface area contributed by atoms with Gasteiger partial charge in [-0.2, -0.15) is 0 Å². The molecule has 0 radical (unpaired) electrons. The van der Waals surface area contributed by atoms with Crippen LogP contribution in [0.4, 0.5) is 4.39 Å². The van der Waals surface area contributed by atoms with Crippen LogP contribution < -0.4 is 14.8 Å². The molecule has 0 spiro atoms. The minimum Gasteiger partial charge on any atom is -0.494 e. The lowest BCUT2D eigenvalue weighted by Gasteiger charge is -2.22. The Morgan fingerprint density at radius 1 is 1.33 bits per heavy atom. The number of ether oxygens (including phenoxy) is 2. The Morgan fingerprint density at radius 2 is 2.15 bits per heavy atom. The molecule has 0 amide bonds. The van der Waals surface area contributed by atoms with E-state index in [1.807, 2.05) is 37.1 Å². The van der Waals surface area contributed by atoms with Crippen LogP contribution in [0.3, 0.4) is 0 Å². The van der Waals surface area contributed by atoms with E-state index in [2.05, 4.69) is 15.3 Å². The van der Waals surface area contributed by atoms with E-state index < -0.39 is 0 Å². The van der Waals surface area contributed by atoms with Gasteiger partial charge in [-0.1, -0.05) is 6.07 Å². The number of guanidine groups is 1. The number of aliphatic imine (C=N–C) groups is 1. The SMILES string of the molecule is CCNC(=NCCOc1cccnc1)N(C)Cc1ccc(OC)c(F)c1.I. The van der Waals surface area contributed by atoms with Crippen molar-refractivity contribution in [2.24, 2.45) is 4.99 Å². The van der Waals surface area contributed by atoms with Gasteiger partial charge in [-0.05, 0) is 36.8 Å². The second-order valence-corrected chi connectivity index (χ2v) is 5.60. The van der Waals surface area contributed by atoms with Gasteiger partial charge in [-0.15, -0.1) is 24.0 Å². The van der Waals surface area contributed by atoms with Crippen molar-refractivity contribution in [1.82, 2.24) is 15.2 Å². The summed E-state index contributed by atoms with van der Waals surface area (Å²) in [6.07, 6.45) is 3.37. The van der Waals surface area contributed by atoms with E-state index in [-0.39, 0.29) is 35.5 Å². The number of aromatic nitrogens is 1. The van der Waals surface area contributed by atoms with Crippen molar-refractivity contribution in [2.75, 3.05) is 33.9 Å². The first-order chi connectivity index (χ1) is 12.6. The zero-order chi connectivity index (χ0) is 18.8. The maximum absolute atomic E-state index is 13.8. The summed E-state index contributed by atoms with van der Waals surface area (Å²) in [5, 5.41) is 3.23. The number of nitrogens with one attached hydrogen (secondary N) is 1. The van der Waals surface area contributed by atoms with Crippen LogP contribution in [0.15, 0.2) is 47.7 Å². The number of halogens is 2. The maximum Gasteiger partial charge on any atom is 0.194 e. The van der Waals surface area contributed by atoms with E-state index in [0.717, 1.165) is 23.8 Å². The zero-order valence-corrected chi connectivity index (χ0v) is 18.1. The quantitative estimate of drug-likeness (QED) is 0.268. The van der Waals surface area contributed by atoms with Crippen LogP contribution in [0.1, 0.15) is 12.5 Å². The normalized spacial score (nSPS) is 10.7. The fourth-order valence-electron chi connectivity index (χ4n) is 2.37. The predicted octanol–water partition coefficient (Wildman–Crippen LogP) is 3.32. The molecule has 0 saturated carbocycles. The number of pyridine rings is 1. The Kier molecular flexibility index (Phi) is 10.5. The van der Waals surface area contributed by atoms with E-state index in [9.17, 15) is 4.39 Å². The van der Waals surface area contributed by atoms with Crippen LogP contribution in [-0.4, -0.2) is 49.7 Å². The number of hydrogen-bond donors (Lipinski definition) is 1. The minimum absolute atomic E-state index is 0. The Bertz CT molecular complexity index is 716. The van der Waals surface area contributed by atoms with Crippen molar-refractivity contribution in [3.8, 4) is 11.5 Å². The molecule has 1 aromatic heterocycles. The van der Waals surface area contributed by atoms with Gasteiger partial charge in [0, 0.05) is 26.3 Å². The smallest absolute Gasteiger partial charge is 0.194 e. The lowest BCUT2D eigenvalue weighted by molar-refractivity contribution is 0.326. The van der Waals surface area contributed by atoms with Gasteiger partial charge in [0.05, 0.1) is 19.9 Å². The van der Waals surface area contributed by atoms with Gasteiger partial charge in [0.2, 0.25) is 0 Å². The molecule has 2 rings (SSSR count). The van der Waals surface area contributed by atoms with E-state index >= 15 is 0 Å². The topological polar surface area (TPSA) is 59.0 Å². The molecule has 1 aromatic carbocycles. The van der Waals surface area contributed by atoms with Gasteiger partial charge >= 0.3 is 0 Å². The molecule has 0 aliphatic carbocycles. The van der Waals surface area contributed by atoms with E-state index in [1.54, 1.807) is 18.5 Å². The summed E-state index contributed by atoms with van der Waals surface area (Å²) < 4.78 is 24.4. The van der Waals surface area contributed by atoms with Crippen molar-refractivity contribution >= 4 is 29.9 Å². The molecule has 0 unspecified atom stereocenters. The summed E-state index contributed by atoms with van der Waals surface area (Å²) in [6.45, 7) is 4.21. The first kappa shape index (κ1) is 22.9. The standard InChI is InChI=1S/C19H25FN4O2.HI/c1-4-22-19(23-10-11-26-16-6-5-9-21-13-16)24(2)14-15-7-8-18(25-3)17(20)12-15;/h5-9,12-13H,4,10-11,14H2,1-3H3,(H,22,23);1H. The molecule has 0 atom stereocenters. The predicted molar refractivity (Wildman–Crippen MR) is 116 cm³/mol. The van der Waals surface area contributed by atoms with Crippen LogP contribution in [0.5, 0.6) is 11.5 Å². The third-order valence-corrected chi connectivity index (χ3v) is 3.59. The molecule has 1 N–H and O–H groups in total. The van der Waals surface area contributed by atoms with Crippen molar-refractivity contribution in [3.63, 3.8) is 0 Å². The van der Waals surface area contributed by atoms with Gasteiger partial charge < -0.3 is 19.7 Å². The summed E-state index contributed by atoms with van der Waals surface area (Å²) >= 11 is 0. The summed E-state index contributed by atoms with van der Waals surface area (Å²) in [4.78, 5) is 10.5. The van der Waals surface area contributed by atoms with Crippen LogP contribution in [0.2, 0.25) is 0 Å². The van der Waals surface area contributed by atoms with Crippen molar-refractivity contribution in [3.05, 3.63) is 54.1 Å². The molecule has 27 heavy (non-hydrogen) atoms. The summed E-state index contributed by atoms with van der Waals surface area (Å²) in [6, 6.07) is 8.62. The molecule has 2 aromatic rings. The van der Waals surface area contributed by atoms with Gasteiger partial charge in [0.15, 0.2) is 17.5 Å². The van der Waals surface area contributed by atoms with Crippen LogP contribution >= 0.6 is 24.0 Å². The average Bonchev–Trinajstić information content (AvgIpc) is 2.65. The average molecular weight is 488 g/mol. The molecule has 1 heterocycles. The van der Waals surface area contributed by atoms with Crippen LogP contribution in [0, 0.1) is 5.82 Å². The Morgan fingerprint density at radius 3 is 2.78 bits per heavy atom. The third-order valence-electron chi connectivity index (χ3n) is 3.59. The highest BCUT2D eigenvalue weighted by Crippen LogP contribution is 2.18. The van der Waals surface area contributed by atoms with Crippen molar-refractivity contribution < 1.29 is 13.9 Å². The summed E-state index contributed by atoms with van der Waals surface area (Å²) in [7, 11) is 3.36. The molecule has 0 bridgehead atoms. The summed E-state index contributed by atoms with van der Waals surface area (Å²) in [5.41, 5.74) is 0.836. The van der Waals surface area contributed by atoms with Gasteiger partial charge in [0.25, 0.3) is 0 Å². The highest BCUT2D eigenvalue weighted by molar-refractivity contribution is 14.0. The summed E-state index contributed by atoms with van der Waals surface area (Å²) in [5.74, 6) is 1.32. The maximum atomic E-state index is 13.8. The largest absolute Gasteiger partial charge is 0.494 e. The Balaban J connectivity index is 0.00000364. The fourth-order valence-corrected chi connectivity index (χ4v) is 2.37. The molecular formula is C19H26FIN4O2. The van der Waals surface area contributed by atoms with E-state index in [1.165, 1.54) is 13.2 Å². The van der Waals surface area contributed by atoms with Gasteiger partial charge in [-0.25, -0.2) is 9.38 Å². The molecule has 8 heteroatoms. The molecule has 6 nitrogen and oxygen atoms in total. The minimum atomic E-state index is -0.370. The highest BCUT2D eigenvalue weighted by atomic mass is 127. The fraction of sp³-hybridized carbons (Fsp3) is 0.368. The van der Waals surface area contributed by atoms with Crippen LogP contribution in [-0.2, 0) is 6.54 Å². The molecule has 148 valence electrons. The molecular weight excluding hydrogens is 462 g/mol.